The van der Waals surface area contributed by atoms with E-state index in [1.165, 1.54) is 12.1 Å². The predicted octanol–water partition coefficient (Wildman–Crippen LogP) is 5.57. The number of amides is 1. The van der Waals surface area contributed by atoms with Gasteiger partial charge in [0.15, 0.2) is 0 Å². The summed E-state index contributed by atoms with van der Waals surface area (Å²) in [7, 11) is 0. The Morgan fingerprint density at radius 3 is 2.30 bits per heavy atom. The number of aryl methyl sites for hydroxylation is 2. The van der Waals surface area contributed by atoms with Gasteiger partial charge in [0, 0.05) is 16.3 Å². The molecule has 0 aliphatic carbocycles. The van der Waals surface area contributed by atoms with E-state index in [0.717, 1.165) is 22.3 Å². The van der Waals surface area contributed by atoms with Gasteiger partial charge in [-0.2, -0.15) is 0 Å². The molecule has 0 heterocycles. The Hall–Kier alpha value is -3.11. The van der Waals surface area contributed by atoms with Crippen molar-refractivity contribution in [1.82, 2.24) is 0 Å². The fourth-order valence-electron chi connectivity index (χ4n) is 2.79. The summed E-state index contributed by atoms with van der Waals surface area (Å²) in [5.74, 6) is -1.33. The van der Waals surface area contributed by atoms with E-state index in [1.54, 1.807) is 12.1 Å². The van der Waals surface area contributed by atoms with E-state index in [4.69, 9.17) is 16.7 Å². The molecular formula is C22H18ClNO3. The number of hydrogen-bond donors (Lipinski definition) is 2. The normalized spacial score (nSPS) is 10.5. The molecule has 3 aromatic rings. The largest absolute Gasteiger partial charge is 0.478 e. The number of carboxylic acids is 1. The van der Waals surface area contributed by atoms with Crippen molar-refractivity contribution < 1.29 is 14.7 Å². The number of benzene rings is 3. The van der Waals surface area contributed by atoms with Gasteiger partial charge in [-0.25, -0.2) is 4.79 Å². The van der Waals surface area contributed by atoms with Gasteiger partial charge in [-0.1, -0.05) is 41.9 Å². The van der Waals surface area contributed by atoms with Crippen molar-refractivity contribution in [2.24, 2.45) is 0 Å². The van der Waals surface area contributed by atoms with Crippen LogP contribution in [0.1, 0.15) is 31.8 Å². The Morgan fingerprint density at radius 2 is 1.59 bits per heavy atom. The van der Waals surface area contributed by atoms with Gasteiger partial charge in [-0.3, -0.25) is 4.79 Å². The number of carboxylic acid groups (broad SMARTS) is 1. The molecule has 27 heavy (non-hydrogen) atoms. The summed E-state index contributed by atoms with van der Waals surface area (Å²) in [5, 5.41) is 12.6. The molecule has 4 nitrogen and oxygen atoms in total. The van der Waals surface area contributed by atoms with Gasteiger partial charge in [0.05, 0.1) is 5.56 Å². The van der Waals surface area contributed by atoms with Gasteiger partial charge in [0.1, 0.15) is 0 Å². The first-order chi connectivity index (χ1) is 12.8. The summed E-state index contributed by atoms with van der Waals surface area (Å²) in [6.45, 7) is 3.67. The molecule has 0 radical (unpaired) electrons. The molecule has 0 unspecified atom stereocenters. The van der Waals surface area contributed by atoms with Gasteiger partial charge in [-0.05, 0) is 66.4 Å². The second-order valence-electron chi connectivity index (χ2n) is 6.33. The summed E-state index contributed by atoms with van der Waals surface area (Å²) in [6, 6.07) is 17.7. The minimum absolute atomic E-state index is 0.125. The standard InChI is InChI=1S/C22H18ClNO3/c1-13-6-8-16(15-4-3-5-18(23)10-15)11-19(13)21(25)24-20-12-17(22(26)27)9-7-14(20)2/h3-12H,1-2H3,(H,24,25)(H,26,27). The number of halogens is 1. The van der Waals surface area contributed by atoms with E-state index in [2.05, 4.69) is 5.32 Å². The molecule has 5 heteroatoms. The molecular weight excluding hydrogens is 362 g/mol. The van der Waals surface area contributed by atoms with Crippen LogP contribution >= 0.6 is 11.6 Å². The second kappa shape index (κ2) is 7.64. The number of anilines is 1. The van der Waals surface area contributed by atoms with Crippen LogP contribution in [0.3, 0.4) is 0 Å². The number of hydrogen-bond acceptors (Lipinski definition) is 2. The zero-order chi connectivity index (χ0) is 19.6. The van der Waals surface area contributed by atoms with Crippen LogP contribution in [0, 0.1) is 13.8 Å². The van der Waals surface area contributed by atoms with Crippen molar-refractivity contribution >= 4 is 29.2 Å². The van der Waals surface area contributed by atoms with E-state index in [1.807, 2.05) is 50.2 Å². The average Bonchev–Trinajstić information content (AvgIpc) is 2.63. The maximum Gasteiger partial charge on any atom is 0.335 e. The highest BCUT2D eigenvalue weighted by atomic mass is 35.5. The minimum atomic E-state index is -1.04. The van der Waals surface area contributed by atoms with Crippen molar-refractivity contribution in [3.63, 3.8) is 0 Å². The highest BCUT2D eigenvalue weighted by molar-refractivity contribution is 6.30. The Labute approximate surface area is 162 Å². The molecule has 0 fully saturated rings. The van der Waals surface area contributed by atoms with Crippen molar-refractivity contribution in [3.8, 4) is 11.1 Å². The molecule has 0 saturated heterocycles. The lowest BCUT2D eigenvalue weighted by Gasteiger charge is -2.12. The molecule has 0 atom stereocenters. The monoisotopic (exact) mass is 379 g/mol. The Bertz CT molecular complexity index is 1040. The minimum Gasteiger partial charge on any atom is -0.478 e. The molecule has 2 N–H and O–H groups in total. The summed E-state index contributed by atoms with van der Waals surface area (Å²) in [6.07, 6.45) is 0. The summed E-state index contributed by atoms with van der Waals surface area (Å²) < 4.78 is 0. The van der Waals surface area contributed by atoms with Crippen LogP contribution < -0.4 is 5.32 Å². The molecule has 0 aliphatic rings. The topological polar surface area (TPSA) is 66.4 Å². The average molecular weight is 380 g/mol. The van der Waals surface area contributed by atoms with Gasteiger partial charge >= 0.3 is 5.97 Å². The van der Waals surface area contributed by atoms with Crippen LogP contribution in [0.4, 0.5) is 5.69 Å². The van der Waals surface area contributed by atoms with Crippen LogP contribution in [0.25, 0.3) is 11.1 Å². The molecule has 0 spiro atoms. The summed E-state index contributed by atoms with van der Waals surface area (Å²) >= 11 is 6.07. The van der Waals surface area contributed by atoms with E-state index in [0.29, 0.717) is 16.3 Å². The fraction of sp³-hybridized carbons (Fsp3) is 0.0909. The second-order valence-corrected chi connectivity index (χ2v) is 6.77. The molecule has 3 rings (SSSR count). The molecule has 1 amide bonds. The number of carbonyl (C=O) groups is 2. The molecule has 3 aromatic carbocycles. The molecule has 0 bridgehead atoms. The molecule has 136 valence electrons. The van der Waals surface area contributed by atoms with Crippen LogP contribution in [0.5, 0.6) is 0 Å². The van der Waals surface area contributed by atoms with Crippen molar-refractivity contribution in [1.29, 1.82) is 0 Å². The molecule has 0 aromatic heterocycles. The van der Waals surface area contributed by atoms with E-state index < -0.39 is 5.97 Å². The fourth-order valence-corrected chi connectivity index (χ4v) is 2.98. The smallest absolute Gasteiger partial charge is 0.335 e. The first-order valence-corrected chi connectivity index (χ1v) is 8.75. The molecule has 0 saturated carbocycles. The molecule has 0 aliphatic heterocycles. The van der Waals surface area contributed by atoms with Gasteiger partial charge in [0.2, 0.25) is 0 Å². The van der Waals surface area contributed by atoms with Crippen molar-refractivity contribution in [2.45, 2.75) is 13.8 Å². The lowest BCUT2D eigenvalue weighted by atomic mass is 9.99. The maximum atomic E-state index is 12.8. The van der Waals surface area contributed by atoms with Crippen molar-refractivity contribution in [2.75, 3.05) is 5.32 Å². The van der Waals surface area contributed by atoms with Crippen LogP contribution in [-0.2, 0) is 0 Å². The van der Waals surface area contributed by atoms with Gasteiger partial charge in [0.25, 0.3) is 5.91 Å². The lowest BCUT2D eigenvalue weighted by Crippen LogP contribution is -2.15. The van der Waals surface area contributed by atoms with Gasteiger partial charge in [-0.15, -0.1) is 0 Å². The number of rotatable bonds is 4. The SMILES string of the molecule is Cc1ccc(C(=O)O)cc1NC(=O)c1cc(-c2cccc(Cl)c2)ccc1C. The Kier molecular flexibility index (Phi) is 5.28. The van der Waals surface area contributed by atoms with E-state index >= 15 is 0 Å². The highest BCUT2D eigenvalue weighted by Crippen LogP contribution is 2.26. The van der Waals surface area contributed by atoms with Crippen molar-refractivity contribution in [3.05, 3.63) is 87.9 Å². The number of carbonyl (C=O) groups excluding carboxylic acids is 1. The summed E-state index contributed by atoms with van der Waals surface area (Å²) in [4.78, 5) is 24.0. The summed E-state index contributed by atoms with van der Waals surface area (Å²) in [5.41, 5.74) is 4.53. The third kappa shape index (κ3) is 4.18. The number of nitrogens with one attached hydrogen (secondary N) is 1. The Balaban J connectivity index is 1.94. The predicted molar refractivity (Wildman–Crippen MR) is 108 cm³/mol. The number of aromatic carboxylic acids is 1. The zero-order valence-corrected chi connectivity index (χ0v) is 15.7. The Morgan fingerprint density at radius 1 is 0.889 bits per heavy atom. The van der Waals surface area contributed by atoms with Crippen LogP contribution in [0.15, 0.2) is 60.7 Å². The van der Waals surface area contributed by atoms with Crippen LogP contribution in [0.2, 0.25) is 5.02 Å². The zero-order valence-electron chi connectivity index (χ0n) is 14.9. The first kappa shape index (κ1) is 18.7. The first-order valence-electron chi connectivity index (χ1n) is 8.37. The van der Waals surface area contributed by atoms with Gasteiger partial charge < -0.3 is 10.4 Å². The van der Waals surface area contributed by atoms with E-state index in [9.17, 15) is 9.59 Å². The van der Waals surface area contributed by atoms with Crippen LogP contribution in [-0.4, -0.2) is 17.0 Å². The maximum absolute atomic E-state index is 12.8. The van der Waals surface area contributed by atoms with E-state index in [-0.39, 0.29) is 11.5 Å². The third-order valence-corrected chi connectivity index (χ3v) is 4.61. The quantitative estimate of drug-likeness (QED) is 0.622. The lowest BCUT2D eigenvalue weighted by molar-refractivity contribution is 0.0696. The highest BCUT2D eigenvalue weighted by Gasteiger charge is 2.14. The third-order valence-electron chi connectivity index (χ3n) is 4.37.